The summed E-state index contributed by atoms with van der Waals surface area (Å²) in [6, 6.07) is 5.97. The maximum absolute atomic E-state index is 13.1. The van der Waals surface area contributed by atoms with Crippen molar-refractivity contribution in [3.05, 3.63) is 39.3 Å². The predicted octanol–water partition coefficient (Wildman–Crippen LogP) is 5.83. The molecule has 2 aromatic heterocycles. The second kappa shape index (κ2) is 10.7. The lowest BCUT2D eigenvalue weighted by Crippen LogP contribution is -2.38. The van der Waals surface area contributed by atoms with E-state index in [0.29, 0.717) is 11.1 Å². The van der Waals surface area contributed by atoms with Crippen LogP contribution in [0.3, 0.4) is 0 Å². The number of fused-ring (bicyclic) bond motifs is 2. The molecule has 1 amide bonds. The summed E-state index contributed by atoms with van der Waals surface area (Å²) in [7, 11) is 0. The predicted molar refractivity (Wildman–Crippen MR) is 139 cm³/mol. The summed E-state index contributed by atoms with van der Waals surface area (Å²) >= 11 is 2.97. The molecule has 1 aliphatic carbocycles. The van der Waals surface area contributed by atoms with Crippen molar-refractivity contribution in [3.8, 4) is 5.19 Å². The van der Waals surface area contributed by atoms with Gasteiger partial charge >= 0.3 is 0 Å². The van der Waals surface area contributed by atoms with Crippen LogP contribution in [-0.2, 0) is 13.0 Å². The number of benzene rings is 1. The maximum Gasteiger partial charge on any atom is 0.278 e. The minimum Gasteiger partial charge on any atom is -0.464 e. The van der Waals surface area contributed by atoms with Gasteiger partial charge in [-0.1, -0.05) is 17.4 Å². The molecule has 1 N–H and O–H groups in total. The molecule has 5 rings (SSSR count). The highest BCUT2D eigenvalue weighted by atomic mass is 32.1. The molecular weight excluding hydrogens is 502 g/mol. The molecule has 194 valence electrons. The Morgan fingerprint density at radius 2 is 2.03 bits per heavy atom. The monoisotopic (exact) mass is 534 g/mol. The summed E-state index contributed by atoms with van der Waals surface area (Å²) in [5.74, 6) is -2.19. The Morgan fingerprint density at radius 3 is 2.81 bits per heavy atom. The van der Waals surface area contributed by atoms with Crippen LogP contribution in [-0.4, -0.2) is 52.4 Å². The van der Waals surface area contributed by atoms with Gasteiger partial charge in [0.1, 0.15) is 0 Å². The number of nitrogens with zero attached hydrogens (tertiary/aromatic N) is 3. The first-order chi connectivity index (χ1) is 17.2. The minimum absolute atomic E-state index is 0.00564. The van der Waals surface area contributed by atoms with E-state index in [2.05, 4.69) is 20.2 Å². The van der Waals surface area contributed by atoms with Gasteiger partial charge in [-0.3, -0.25) is 9.69 Å². The molecule has 0 spiro atoms. The number of hydrogen-bond acceptors (Lipinski definition) is 7. The Labute approximate surface area is 218 Å². The maximum atomic E-state index is 13.1. The number of rotatable bonds is 8. The van der Waals surface area contributed by atoms with E-state index in [9.17, 15) is 13.6 Å². The van der Waals surface area contributed by atoms with E-state index < -0.39 is 12.5 Å². The smallest absolute Gasteiger partial charge is 0.278 e. The highest BCUT2D eigenvalue weighted by molar-refractivity contribution is 7.18. The topological polar surface area (TPSA) is 67.4 Å². The number of carbonyl (C=O) groups is 1. The van der Waals surface area contributed by atoms with Gasteiger partial charge in [-0.25, -0.2) is 18.7 Å². The lowest BCUT2D eigenvalue weighted by molar-refractivity contribution is -0.0230. The second-order valence-electron chi connectivity index (χ2n) is 10.1. The van der Waals surface area contributed by atoms with Crippen LogP contribution in [0.25, 0.3) is 10.2 Å². The highest BCUT2D eigenvalue weighted by Crippen LogP contribution is 2.32. The standard InChI is InChI=1S/C26H32F2N4O2S2/c1-16-29-20-5-3-4-19(23(20)35-16)24(33)30-18-8-6-17(7-9-18)10-12-32-13-11-22-21(14-32)31-25(36-22)34-15-26(2,27)28/h3-5,17-18H,6-15H2,1-2H3,(H,30,33)/t17-,18-. The molecule has 0 saturated heterocycles. The number of carbonyl (C=O) groups excluding carboxylic acids is 1. The summed E-state index contributed by atoms with van der Waals surface area (Å²) in [4.78, 5) is 25.5. The largest absolute Gasteiger partial charge is 0.464 e. The van der Waals surface area contributed by atoms with Gasteiger partial charge in [0.05, 0.1) is 26.5 Å². The van der Waals surface area contributed by atoms with Gasteiger partial charge < -0.3 is 10.1 Å². The molecule has 1 aliphatic heterocycles. The highest BCUT2D eigenvalue weighted by Gasteiger charge is 2.27. The van der Waals surface area contributed by atoms with Crippen LogP contribution in [0.4, 0.5) is 8.78 Å². The molecule has 3 aromatic rings. The van der Waals surface area contributed by atoms with E-state index in [1.807, 2.05) is 25.1 Å². The molecule has 0 bridgehead atoms. The van der Waals surface area contributed by atoms with Crippen LogP contribution in [0, 0.1) is 12.8 Å². The molecule has 0 atom stereocenters. The van der Waals surface area contributed by atoms with Crippen LogP contribution in [0.1, 0.15) is 65.0 Å². The Morgan fingerprint density at radius 1 is 1.22 bits per heavy atom. The number of halogens is 2. The zero-order valence-electron chi connectivity index (χ0n) is 20.7. The van der Waals surface area contributed by atoms with Crippen molar-refractivity contribution in [2.45, 2.75) is 70.9 Å². The van der Waals surface area contributed by atoms with Gasteiger partial charge in [-0.15, -0.1) is 11.3 Å². The lowest BCUT2D eigenvalue weighted by atomic mass is 9.84. The van der Waals surface area contributed by atoms with Crippen molar-refractivity contribution < 1.29 is 18.3 Å². The Balaban J connectivity index is 1.06. The molecule has 6 nitrogen and oxygen atoms in total. The number of amides is 1. The molecule has 1 saturated carbocycles. The summed E-state index contributed by atoms with van der Waals surface area (Å²) < 4.78 is 32.3. The number of alkyl halides is 2. The SMILES string of the molecule is Cc1nc2cccc(C(=O)N[C@H]3CC[C@H](CCN4CCc5sc(OCC(C)(F)F)nc5C4)CC3)c2s1. The Kier molecular flexibility index (Phi) is 7.55. The molecular formula is C26H32F2N4O2S2. The van der Waals surface area contributed by atoms with Crippen molar-refractivity contribution >= 4 is 38.8 Å². The van der Waals surface area contributed by atoms with Gasteiger partial charge in [-0.05, 0) is 70.0 Å². The molecule has 2 aliphatic rings. The van der Waals surface area contributed by atoms with Gasteiger partial charge in [0, 0.05) is 30.9 Å². The van der Waals surface area contributed by atoms with Crippen LogP contribution in [0.2, 0.25) is 0 Å². The zero-order valence-corrected chi connectivity index (χ0v) is 22.3. The van der Waals surface area contributed by atoms with Crippen LogP contribution in [0.5, 0.6) is 5.19 Å². The summed E-state index contributed by atoms with van der Waals surface area (Å²) in [5, 5.41) is 4.58. The van der Waals surface area contributed by atoms with Crippen LogP contribution < -0.4 is 10.1 Å². The summed E-state index contributed by atoms with van der Waals surface area (Å²) in [5.41, 5.74) is 2.59. The van der Waals surface area contributed by atoms with Gasteiger partial charge in [-0.2, -0.15) is 0 Å². The number of hydrogen-bond donors (Lipinski definition) is 1. The fourth-order valence-electron chi connectivity index (χ4n) is 5.13. The van der Waals surface area contributed by atoms with Crippen LogP contribution >= 0.6 is 22.7 Å². The second-order valence-corrected chi connectivity index (χ2v) is 12.4. The van der Waals surface area contributed by atoms with Crippen molar-refractivity contribution in [2.24, 2.45) is 5.92 Å². The number of aromatic nitrogens is 2. The molecule has 0 unspecified atom stereocenters. The molecule has 36 heavy (non-hydrogen) atoms. The fourth-order valence-corrected chi connectivity index (χ4v) is 6.97. The summed E-state index contributed by atoms with van der Waals surface area (Å²) in [6.07, 6.45) is 6.27. The normalized spacial score (nSPS) is 20.9. The third-order valence-electron chi connectivity index (χ3n) is 7.04. The van der Waals surface area contributed by atoms with E-state index in [1.165, 1.54) is 11.3 Å². The van der Waals surface area contributed by atoms with Gasteiger partial charge in [0.25, 0.3) is 17.0 Å². The zero-order chi connectivity index (χ0) is 25.3. The molecule has 1 aromatic carbocycles. The van der Waals surface area contributed by atoms with Gasteiger partial charge in [0.2, 0.25) is 0 Å². The number of ether oxygens (including phenoxy) is 1. The average molecular weight is 535 g/mol. The van der Waals surface area contributed by atoms with Gasteiger partial charge in [0.15, 0.2) is 6.61 Å². The van der Waals surface area contributed by atoms with Crippen molar-refractivity contribution in [2.75, 3.05) is 19.7 Å². The van der Waals surface area contributed by atoms with E-state index in [1.54, 1.807) is 11.3 Å². The van der Waals surface area contributed by atoms with E-state index in [4.69, 9.17) is 4.74 Å². The number of nitrogens with one attached hydrogen (secondary N) is 1. The first kappa shape index (κ1) is 25.5. The molecule has 10 heteroatoms. The Hall–Kier alpha value is -2.17. The van der Waals surface area contributed by atoms with Crippen molar-refractivity contribution in [1.82, 2.24) is 20.2 Å². The summed E-state index contributed by atoms with van der Waals surface area (Å²) in [6.45, 7) is 4.92. The third kappa shape index (κ3) is 6.20. The number of thiazole rings is 2. The Bertz CT molecular complexity index is 1210. The molecule has 1 fully saturated rings. The average Bonchev–Trinajstić information content (AvgIpc) is 3.43. The van der Waals surface area contributed by atoms with Crippen molar-refractivity contribution in [1.29, 1.82) is 0 Å². The fraction of sp³-hybridized carbons (Fsp3) is 0.577. The first-order valence-electron chi connectivity index (χ1n) is 12.6. The molecule has 0 radical (unpaired) electrons. The van der Waals surface area contributed by atoms with E-state index >= 15 is 0 Å². The van der Waals surface area contributed by atoms with E-state index in [-0.39, 0.29) is 11.9 Å². The lowest BCUT2D eigenvalue weighted by Gasteiger charge is -2.32. The third-order valence-corrected chi connectivity index (χ3v) is 9.13. The quantitative estimate of drug-likeness (QED) is 0.394. The van der Waals surface area contributed by atoms with E-state index in [0.717, 1.165) is 96.4 Å². The first-order valence-corrected chi connectivity index (χ1v) is 14.3. The molecule has 3 heterocycles. The van der Waals surface area contributed by atoms with Crippen LogP contribution in [0.15, 0.2) is 18.2 Å². The minimum atomic E-state index is -2.85. The van der Waals surface area contributed by atoms with Crippen molar-refractivity contribution in [3.63, 3.8) is 0 Å². The number of aryl methyl sites for hydroxylation is 1.